The number of esters is 1. The van der Waals surface area contributed by atoms with Crippen molar-refractivity contribution in [2.45, 2.75) is 6.92 Å². The first-order valence-electron chi connectivity index (χ1n) is 5.50. The van der Waals surface area contributed by atoms with Gasteiger partial charge in [0.05, 0.1) is 25.0 Å². The van der Waals surface area contributed by atoms with Crippen LogP contribution in [0, 0.1) is 18.3 Å². The van der Waals surface area contributed by atoms with Crippen molar-refractivity contribution >= 4 is 5.97 Å². The summed E-state index contributed by atoms with van der Waals surface area (Å²) in [5.74, 6) is 0.535. The Labute approximate surface area is 110 Å². The van der Waals surface area contributed by atoms with Gasteiger partial charge in [0.1, 0.15) is 11.3 Å². The van der Waals surface area contributed by atoms with Crippen LogP contribution in [0.15, 0.2) is 34.9 Å². The molecule has 0 aliphatic rings. The lowest BCUT2D eigenvalue weighted by Crippen LogP contribution is -2.09. The van der Waals surface area contributed by atoms with E-state index in [4.69, 9.17) is 19.2 Å². The highest BCUT2D eigenvalue weighted by molar-refractivity contribution is 5.92. The number of aryl methyl sites for hydroxylation is 1. The summed E-state index contributed by atoms with van der Waals surface area (Å²) in [6.45, 7) is 1.67. The SMILES string of the molecule is COc1cc(C#N)ccc1OC(=O)c1ccoc1C. The molecule has 1 aromatic carbocycles. The quantitative estimate of drug-likeness (QED) is 0.624. The summed E-state index contributed by atoms with van der Waals surface area (Å²) in [4.78, 5) is 11.9. The zero-order valence-electron chi connectivity index (χ0n) is 10.5. The van der Waals surface area contributed by atoms with Gasteiger partial charge in [-0.05, 0) is 25.1 Å². The Balaban J connectivity index is 2.27. The minimum absolute atomic E-state index is 0.257. The molecule has 0 amide bonds. The van der Waals surface area contributed by atoms with Gasteiger partial charge in [-0.1, -0.05) is 0 Å². The van der Waals surface area contributed by atoms with Crippen molar-refractivity contribution in [1.29, 1.82) is 5.26 Å². The van der Waals surface area contributed by atoms with E-state index in [1.54, 1.807) is 13.0 Å². The topological polar surface area (TPSA) is 72.5 Å². The maximum atomic E-state index is 11.9. The monoisotopic (exact) mass is 257 g/mol. The number of hydrogen-bond acceptors (Lipinski definition) is 5. The zero-order chi connectivity index (χ0) is 13.8. The lowest BCUT2D eigenvalue weighted by atomic mass is 10.2. The molecule has 0 unspecified atom stereocenters. The maximum absolute atomic E-state index is 11.9. The highest BCUT2D eigenvalue weighted by Crippen LogP contribution is 2.28. The molecule has 2 aromatic rings. The molecule has 5 heteroatoms. The predicted molar refractivity (Wildman–Crippen MR) is 66.1 cm³/mol. The molecule has 0 saturated carbocycles. The number of hydrogen-bond donors (Lipinski definition) is 0. The average Bonchev–Trinajstić information content (AvgIpc) is 2.85. The smallest absolute Gasteiger partial charge is 0.347 e. The molecule has 96 valence electrons. The van der Waals surface area contributed by atoms with Crippen LogP contribution in [-0.2, 0) is 0 Å². The van der Waals surface area contributed by atoms with Crippen LogP contribution in [0.25, 0.3) is 0 Å². The summed E-state index contributed by atoms with van der Waals surface area (Å²) in [5, 5.41) is 8.79. The van der Waals surface area contributed by atoms with E-state index in [0.717, 1.165) is 0 Å². The number of nitrogens with zero attached hydrogens (tertiary/aromatic N) is 1. The van der Waals surface area contributed by atoms with Crippen molar-refractivity contribution in [3.8, 4) is 17.6 Å². The Kier molecular flexibility index (Phi) is 3.53. The average molecular weight is 257 g/mol. The van der Waals surface area contributed by atoms with E-state index in [1.165, 1.54) is 31.6 Å². The van der Waals surface area contributed by atoms with Crippen LogP contribution < -0.4 is 9.47 Å². The van der Waals surface area contributed by atoms with E-state index in [1.807, 2.05) is 6.07 Å². The first kappa shape index (κ1) is 12.7. The first-order valence-corrected chi connectivity index (χ1v) is 5.50. The summed E-state index contributed by atoms with van der Waals surface area (Å²) in [6.07, 6.45) is 1.42. The van der Waals surface area contributed by atoms with Gasteiger partial charge in [0, 0.05) is 6.07 Å². The van der Waals surface area contributed by atoms with E-state index in [9.17, 15) is 4.79 Å². The second-order valence-electron chi connectivity index (χ2n) is 3.76. The van der Waals surface area contributed by atoms with Gasteiger partial charge < -0.3 is 13.9 Å². The third-order valence-corrected chi connectivity index (χ3v) is 2.57. The number of benzene rings is 1. The predicted octanol–water partition coefficient (Wildman–Crippen LogP) is 2.69. The Morgan fingerprint density at radius 3 is 2.68 bits per heavy atom. The van der Waals surface area contributed by atoms with Crippen molar-refractivity contribution in [2.24, 2.45) is 0 Å². The van der Waals surface area contributed by atoms with E-state index in [2.05, 4.69) is 0 Å². The van der Waals surface area contributed by atoms with Crippen LogP contribution in [0.1, 0.15) is 21.7 Å². The molecular formula is C14H11NO4. The molecule has 0 spiro atoms. The lowest BCUT2D eigenvalue weighted by Gasteiger charge is -2.08. The largest absolute Gasteiger partial charge is 0.493 e. The summed E-state index contributed by atoms with van der Waals surface area (Å²) in [5.41, 5.74) is 0.780. The summed E-state index contributed by atoms with van der Waals surface area (Å²) in [7, 11) is 1.44. The maximum Gasteiger partial charge on any atom is 0.347 e. The summed E-state index contributed by atoms with van der Waals surface area (Å²) < 4.78 is 15.4. The van der Waals surface area contributed by atoms with Crippen LogP contribution in [0.4, 0.5) is 0 Å². The van der Waals surface area contributed by atoms with Gasteiger partial charge in [0.25, 0.3) is 0 Å². The Morgan fingerprint density at radius 2 is 2.11 bits per heavy atom. The number of methoxy groups -OCH3 is 1. The fourth-order valence-corrected chi connectivity index (χ4v) is 1.57. The van der Waals surface area contributed by atoms with Gasteiger partial charge in [-0.25, -0.2) is 4.79 Å². The van der Waals surface area contributed by atoms with E-state index < -0.39 is 5.97 Å². The Hall–Kier alpha value is -2.74. The normalized spacial score (nSPS) is 9.74. The van der Waals surface area contributed by atoms with Crippen molar-refractivity contribution in [3.05, 3.63) is 47.4 Å². The molecule has 0 saturated heterocycles. The molecule has 0 aliphatic heterocycles. The highest BCUT2D eigenvalue weighted by atomic mass is 16.6. The Bertz CT molecular complexity index is 652. The number of nitriles is 1. The van der Waals surface area contributed by atoms with Gasteiger partial charge in [-0.15, -0.1) is 0 Å². The number of carbonyl (C=O) groups excluding carboxylic acids is 1. The van der Waals surface area contributed by atoms with Gasteiger partial charge >= 0.3 is 5.97 Å². The van der Waals surface area contributed by atoms with E-state index in [-0.39, 0.29) is 5.75 Å². The molecule has 19 heavy (non-hydrogen) atoms. The van der Waals surface area contributed by atoms with Crippen LogP contribution in [0.2, 0.25) is 0 Å². The van der Waals surface area contributed by atoms with Crippen LogP contribution in [-0.4, -0.2) is 13.1 Å². The number of furan rings is 1. The fourth-order valence-electron chi connectivity index (χ4n) is 1.57. The molecular weight excluding hydrogens is 246 g/mol. The van der Waals surface area contributed by atoms with Gasteiger partial charge in [-0.3, -0.25) is 0 Å². The number of carbonyl (C=O) groups is 1. The van der Waals surface area contributed by atoms with Crippen LogP contribution >= 0.6 is 0 Å². The molecule has 0 aliphatic carbocycles. The minimum Gasteiger partial charge on any atom is -0.493 e. The molecule has 1 aromatic heterocycles. The van der Waals surface area contributed by atoms with Crippen molar-refractivity contribution in [3.63, 3.8) is 0 Å². The second kappa shape index (κ2) is 5.27. The standard InChI is InChI=1S/C14H11NO4/c1-9-11(5-6-18-9)14(16)19-12-4-3-10(8-15)7-13(12)17-2/h3-7H,1-2H3. The van der Waals surface area contributed by atoms with E-state index >= 15 is 0 Å². The lowest BCUT2D eigenvalue weighted by molar-refractivity contribution is 0.0728. The number of rotatable bonds is 3. The third kappa shape index (κ3) is 2.58. The van der Waals surface area contributed by atoms with Crippen LogP contribution in [0.3, 0.4) is 0 Å². The van der Waals surface area contributed by atoms with Gasteiger partial charge in [-0.2, -0.15) is 5.26 Å². The molecule has 5 nitrogen and oxygen atoms in total. The van der Waals surface area contributed by atoms with E-state index in [0.29, 0.717) is 22.6 Å². The fraction of sp³-hybridized carbons (Fsp3) is 0.143. The van der Waals surface area contributed by atoms with Gasteiger partial charge in [0.2, 0.25) is 0 Å². The second-order valence-corrected chi connectivity index (χ2v) is 3.76. The third-order valence-electron chi connectivity index (χ3n) is 2.57. The summed E-state index contributed by atoms with van der Waals surface area (Å²) >= 11 is 0. The van der Waals surface area contributed by atoms with Crippen molar-refractivity contribution in [2.75, 3.05) is 7.11 Å². The number of ether oxygens (including phenoxy) is 2. The minimum atomic E-state index is -0.533. The molecule has 0 bridgehead atoms. The highest BCUT2D eigenvalue weighted by Gasteiger charge is 2.16. The Morgan fingerprint density at radius 1 is 1.32 bits per heavy atom. The van der Waals surface area contributed by atoms with Crippen molar-refractivity contribution < 1.29 is 18.7 Å². The zero-order valence-corrected chi connectivity index (χ0v) is 10.5. The first-order chi connectivity index (χ1) is 9.15. The molecule has 0 atom stereocenters. The molecule has 2 rings (SSSR count). The molecule has 0 fully saturated rings. The molecule has 0 N–H and O–H groups in total. The molecule has 1 heterocycles. The summed E-state index contributed by atoms with van der Waals surface area (Å²) in [6, 6.07) is 8.09. The van der Waals surface area contributed by atoms with Crippen LogP contribution in [0.5, 0.6) is 11.5 Å². The van der Waals surface area contributed by atoms with Crippen molar-refractivity contribution in [1.82, 2.24) is 0 Å². The van der Waals surface area contributed by atoms with Gasteiger partial charge in [0.15, 0.2) is 11.5 Å². The molecule has 0 radical (unpaired) electrons.